The van der Waals surface area contributed by atoms with Gasteiger partial charge in [0.15, 0.2) is 0 Å². The molecule has 0 aliphatic carbocycles. The fraction of sp³-hybridized carbons (Fsp3) is 0.500. The van der Waals surface area contributed by atoms with Crippen LogP contribution in [0.5, 0.6) is 0 Å². The molecular formula is C14H21NO5S. The summed E-state index contributed by atoms with van der Waals surface area (Å²) in [6.07, 6.45) is 0.496. The lowest BCUT2D eigenvalue weighted by Crippen LogP contribution is -2.39. The van der Waals surface area contributed by atoms with Gasteiger partial charge in [0, 0.05) is 6.04 Å². The Bertz CT molecular complexity index is 583. The number of aliphatic hydroxyl groups is 1. The summed E-state index contributed by atoms with van der Waals surface area (Å²) in [5.41, 5.74) is -0.0336. The Labute approximate surface area is 125 Å². The summed E-state index contributed by atoms with van der Waals surface area (Å²) in [6.45, 7) is 3.55. The maximum absolute atomic E-state index is 12.4. The molecule has 0 aromatic heterocycles. The van der Waals surface area contributed by atoms with Crippen LogP contribution in [0, 0.1) is 5.92 Å². The highest BCUT2D eigenvalue weighted by atomic mass is 32.2. The van der Waals surface area contributed by atoms with Gasteiger partial charge in [-0.05, 0) is 24.5 Å². The summed E-state index contributed by atoms with van der Waals surface area (Å²) in [5, 5.41) is 9.29. The van der Waals surface area contributed by atoms with Gasteiger partial charge in [0.25, 0.3) is 0 Å². The van der Waals surface area contributed by atoms with Crippen molar-refractivity contribution >= 4 is 16.0 Å². The van der Waals surface area contributed by atoms with Gasteiger partial charge in [-0.2, -0.15) is 0 Å². The van der Waals surface area contributed by atoms with Crippen LogP contribution in [-0.4, -0.2) is 39.3 Å². The van der Waals surface area contributed by atoms with E-state index in [0.29, 0.717) is 6.42 Å². The summed E-state index contributed by atoms with van der Waals surface area (Å²) < 4.78 is 31.8. The molecule has 1 rings (SSSR count). The zero-order valence-electron chi connectivity index (χ0n) is 12.4. The molecule has 2 N–H and O–H groups in total. The van der Waals surface area contributed by atoms with Crippen molar-refractivity contribution in [2.24, 2.45) is 5.92 Å². The van der Waals surface area contributed by atoms with Crippen molar-refractivity contribution in [2.75, 3.05) is 13.7 Å². The monoisotopic (exact) mass is 315 g/mol. The van der Waals surface area contributed by atoms with Crippen LogP contribution in [0.1, 0.15) is 30.6 Å². The third-order valence-electron chi connectivity index (χ3n) is 2.88. The van der Waals surface area contributed by atoms with Gasteiger partial charge in [-0.1, -0.05) is 26.0 Å². The largest absolute Gasteiger partial charge is 0.465 e. The number of aliphatic hydroxyl groups excluding tert-OH is 1. The predicted molar refractivity (Wildman–Crippen MR) is 78.4 cm³/mol. The van der Waals surface area contributed by atoms with Crippen LogP contribution in [0.3, 0.4) is 0 Å². The number of ether oxygens (including phenoxy) is 1. The quantitative estimate of drug-likeness (QED) is 0.737. The van der Waals surface area contributed by atoms with Crippen LogP contribution in [0.2, 0.25) is 0 Å². The van der Waals surface area contributed by atoms with Gasteiger partial charge in [0.1, 0.15) is 0 Å². The van der Waals surface area contributed by atoms with E-state index in [0.717, 1.165) is 0 Å². The average Bonchev–Trinajstić information content (AvgIpc) is 2.45. The fourth-order valence-electron chi connectivity index (χ4n) is 1.99. The first kappa shape index (κ1) is 17.6. The fourth-order valence-corrected chi connectivity index (χ4v) is 3.43. The number of carbonyl (C=O) groups excluding carboxylic acids is 1. The number of methoxy groups -OCH3 is 1. The Hall–Kier alpha value is -1.44. The van der Waals surface area contributed by atoms with Crippen molar-refractivity contribution in [1.29, 1.82) is 0 Å². The molecule has 7 heteroatoms. The number of hydrogen-bond acceptors (Lipinski definition) is 5. The van der Waals surface area contributed by atoms with E-state index in [1.807, 2.05) is 13.8 Å². The van der Waals surface area contributed by atoms with Crippen molar-refractivity contribution in [1.82, 2.24) is 4.72 Å². The number of esters is 1. The molecule has 21 heavy (non-hydrogen) atoms. The molecule has 0 spiro atoms. The molecule has 0 aliphatic heterocycles. The topological polar surface area (TPSA) is 92.7 Å². The van der Waals surface area contributed by atoms with Crippen LogP contribution >= 0.6 is 0 Å². The lowest BCUT2D eigenvalue weighted by atomic mass is 10.1. The summed E-state index contributed by atoms with van der Waals surface area (Å²) in [5.74, 6) is -0.499. The van der Waals surface area contributed by atoms with Crippen LogP contribution in [0.15, 0.2) is 29.2 Å². The Kier molecular flexibility index (Phi) is 6.32. The summed E-state index contributed by atoms with van der Waals surface area (Å²) in [7, 11) is -2.72. The van der Waals surface area contributed by atoms with E-state index < -0.39 is 22.0 Å². The molecule has 0 radical (unpaired) electrons. The summed E-state index contributed by atoms with van der Waals surface area (Å²) in [6, 6.07) is 5.20. The van der Waals surface area contributed by atoms with Gasteiger partial charge in [-0.15, -0.1) is 0 Å². The molecule has 1 atom stereocenters. The Morgan fingerprint density at radius 2 is 1.95 bits per heavy atom. The van der Waals surface area contributed by atoms with Crippen molar-refractivity contribution in [3.05, 3.63) is 29.8 Å². The zero-order chi connectivity index (χ0) is 16.0. The van der Waals surface area contributed by atoms with E-state index in [4.69, 9.17) is 0 Å². The molecule has 0 heterocycles. The van der Waals surface area contributed by atoms with Gasteiger partial charge in [0.05, 0.1) is 24.2 Å². The molecule has 0 fully saturated rings. The first-order chi connectivity index (χ1) is 9.81. The first-order valence-corrected chi connectivity index (χ1v) is 8.10. The molecule has 1 unspecified atom stereocenters. The number of carbonyl (C=O) groups is 1. The Morgan fingerprint density at radius 3 is 2.48 bits per heavy atom. The average molecular weight is 315 g/mol. The van der Waals surface area contributed by atoms with Crippen LogP contribution in [-0.2, 0) is 14.8 Å². The van der Waals surface area contributed by atoms with E-state index in [1.165, 1.54) is 25.3 Å². The molecule has 0 saturated carbocycles. The van der Waals surface area contributed by atoms with Gasteiger partial charge >= 0.3 is 5.97 Å². The van der Waals surface area contributed by atoms with E-state index in [1.54, 1.807) is 6.07 Å². The molecule has 1 aromatic carbocycles. The lowest BCUT2D eigenvalue weighted by molar-refractivity contribution is 0.0596. The van der Waals surface area contributed by atoms with Crippen LogP contribution in [0.25, 0.3) is 0 Å². The molecule has 1 aromatic rings. The molecule has 0 amide bonds. The highest BCUT2D eigenvalue weighted by Crippen LogP contribution is 2.17. The van der Waals surface area contributed by atoms with Gasteiger partial charge in [-0.25, -0.2) is 17.9 Å². The molecule has 0 saturated heterocycles. The number of nitrogens with one attached hydrogen (secondary N) is 1. The maximum atomic E-state index is 12.4. The second-order valence-corrected chi connectivity index (χ2v) is 6.80. The van der Waals surface area contributed by atoms with E-state index in [9.17, 15) is 18.3 Å². The number of sulfonamides is 1. The highest BCUT2D eigenvalue weighted by Gasteiger charge is 2.25. The molecule has 0 aliphatic rings. The SMILES string of the molecule is COC(=O)c1ccccc1S(=O)(=O)NC(CO)CC(C)C. The van der Waals surface area contributed by atoms with Crippen molar-refractivity contribution in [3.8, 4) is 0 Å². The van der Waals surface area contributed by atoms with Gasteiger partial charge < -0.3 is 9.84 Å². The van der Waals surface area contributed by atoms with Crippen LogP contribution < -0.4 is 4.72 Å². The predicted octanol–water partition coefficient (Wildman–Crippen LogP) is 1.16. The molecule has 0 bridgehead atoms. The summed E-state index contributed by atoms with van der Waals surface area (Å²) in [4.78, 5) is 11.5. The van der Waals surface area contributed by atoms with Crippen molar-refractivity contribution in [3.63, 3.8) is 0 Å². The van der Waals surface area contributed by atoms with Gasteiger partial charge in [-0.3, -0.25) is 0 Å². The minimum absolute atomic E-state index is 0.0336. The smallest absolute Gasteiger partial charge is 0.339 e. The second-order valence-electron chi connectivity index (χ2n) is 5.12. The van der Waals surface area contributed by atoms with Crippen LogP contribution in [0.4, 0.5) is 0 Å². The second kappa shape index (κ2) is 7.53. The molecule has 118 valence electrons. The highest BCUT2D eigenvalue weighted by molar-refractivity contribution is 7.89. The normalized spacial score (nSPS) is 13.2. The Morgan fingerprint density at radius 1 is 1.33 bits per heavy atom. The minimum atomic E-state index is -3.91. The third-order valence-corrected chi connectivity index (χ3v) is 4.46. The number of hydrogen-bond donors (Lipinski definition) is 2. The maximum Gasteiger partial charge on any atom is 0.339 e. The van der Waals surface area contributed by atoms with Gasteiger partial charge in [0.2, 0.25) is 10.0 Å². The summed E-state index contributed by atoms with van der Waals surface area (Å²) >= 11 is 0. The third kappa shape index (κ3) is 4.80. The minimum Gasteiger partial charge on any atom is -0.465 e. The lowest BCUT2D eigenvalue weighted by Gasteiger charge is -2.19. The standard InChI is InChI=1S/C14H21NO5S/c1-10(2)8-11(9-16)15-21(18,19)13-7-5-4-6-12(13)14(17)20-3/h4-7,10-11,15-16H,8-9H2,1-3H3. The zero-order valence-corrected chi connectivity index (χ0v) is 13.2. The van der Waals surface area contributed by atoms with Crippen molar-refractivity contribution in [2.45, 2.75) is 31.2 Å². The molecular weight excluding hydrogens is 294 g/mol. The molecule has 6 nitrogen and oxygen atoms in total. The Balaban J connectivity index is 3.11. The number of rotatable bonds is 7. The first-order valence-electron chi connectivity index (χ1n) is 6.62. The van der Waals surface area contributed by atoms with E-state index >= 15 is 0 Å². The van der Waals surface area contributed by atoms with Crippen molar-refractivity contribution < 1.29 is 23.1 Å². The van der Waals surface area contributed by atoms with E-state index in [-0.39, 0.29) is 23.0 Å². The number of benzene rings is 1. The van der Waals surface area contributed by atoms with E-state index in [2.05, 4.69) is 9.46 Å².